The number of rotatable bonds is 5. The van der Waals surface area contributed by atoms with Crippen molar-refractivity contribution in [1.29, 1.82) is 0 Å². The highest BCUT2D eigenvalue weighted by molar-refractivity contribution is 5.85. The molecule has 0 spiro atoms. The van der Waals surface area contributed by atoms with Crippen LogP contribution in [0.5, 0.6) is 0 Å². The number of piperidine rings is 1. The van der Waals surface area contributed by atoms with E-state index in [2.05, 4.69) is 4.90 Å². The maximum absolute atomic E-state index is 12.6. The maximum atomic E-state index is 12.6. The van der Waals surface area contributed by atoms with Gasteiger partial charge < -0.3 is 15.4 Å². The van der Waals surface area contributed by atoms with Gasteiger partial charge in [-0.2, -0.15) is 0 Å². The Kier molecular flexibility index (Phi) is 8.97. The number of halogens is 1. The van der Waals surface area contributed by atoms with Crippen LogP contribution < -0.4 is 5.73 Å². The zero-order valence-electron chi connectivity index (χ0n) is 15.5. The fourth-order valence-corrected chi connectivity index (χ4v) is 4.60. The zero-order valence-corrected chi connectivity index (χ0v) is 16.4. The summed E-state index contributed by atoms with van der Waals surface area (Å²) in [6.45, 7) is 6.81. The minimum absolute atomic E-state index is 0. The molecule has 6 heteroatoms. The van der Waals surface area contributed by atoms with E-state index in [1.807, 2.05) is 4.90 Å². The number of hydrogen-bond donors (Lipinski definition) is 1. The van der Waals surface area contributed by atoms with E-state index in [1.54, 1.807) is 0 Å². The molecule has 0 bridgehead atoms. The topological polar surface area (TPSA) is 58.8 Å². The van der Waals surface area contributed by atoms with Crippen molar-refractivity contribution in [2.24, 2.45) is 17.6 Å². The van der Waals surface area contributed by atoms with Gasteiger partial charge in [0, 0.05) is 32.7 Å². The van der Waals surface area contributed by atoms with E-state index in [1.165, 1.54) is 38.6 Å². The summed E-state index contributed by atoms with van der Waals surface area (Å²) in [6, 6.07) is -0.274. The monoisotopic (exact) mass is 373 g/mol. The number of carbonyl (C=O) groups is 1. The van der Waals surface area contributed by atoms with E-state index in [0.717, 1.165) is 64.6 Å². The zero-order chi connectivity index (χ0) is 16.8. The molecule has 1 atom stereocenters. The van der Waals surface area contributed by atoms with Crippen molar-refractivity contribution in [3.8, 4) is 0 Å². The molecule has 1 unspecified atom stereocenters. The number of likely N-dealkylation sites (tertiary alicyclic amines) is 1. The number of carbonyl (C=O) groups excluding carboxylic acids is 1. The molecule has 2 saturated heterocycles. The van der Waals surface area contributed by atoms with E-state index in [-0.39, 0.29) is 24.4 Å². The second-order valence-electron chi connectivity index (χ2n) is 8.03. The molecule has 0 aromatic heterocycles. The summed E-state index contributed by atoms with van der Waals surface area (Å²) in [5, 5.41) is 0. The predicted octanol–water partition coefficient (Wildman–Crippen LogP) is 2.28. The molecular formula is C19H36ClN3O2. The largest absolute Gasteiger partial charge is 0.379 e. The molecule has 2 N–H and O–H groups in total. The van der Waals surface area contributed by atoms with Gasteiger partial charge in [-0.3, -0.25) is 9.69 Å². The SMILES string of the molecule is Cl.NC(CC1CCCCC1)C(=O)N1CCC(CN2CCOCC2)CC1. The Bertz CT molecular complexity index is 390. The lowest BCUT2D eigenvalue weighted by Crippen LogP contribution is -2.49. The number of nitrogens with two attached hydrogens (primary N) is 1. The molecule has 25 heavy (non-hydrogen) atoms. The molecule has 5 nitrogen and oxygen atoms in total. The van der Waals surface area contributed by atoms with Gasteiger partial charge in [0.1, 0.15) is 0 Å². The first-order valence-electron chi connectivity index (χ1n) is 10.1. The minimum Gasteiger partial charge on any atom is -0.379 e. The lowest BCUT2D eigenvalue weighted by atomic mass is 9.84. The average molecular weight is 374 g/mol. The van der Waals surface area contributed by atoms with Gasteiger partial charge >= 0.3 is 0 Å². The van der Waals surface area contributed by atoms with Gasteiger partial charge in [-0.25, -0.2) is 0 Å². The number of nitrogens with zero attached hydrogens (tertiary/aromatic N) is 2. The Labute approximate surface area is 159 Å². The lowest BCUT2D eigenvalue weighted by Gasteiger charge is -2.37. The predicted molar refractivity (Wildman–Crippen MR) is 103 cm³/mol. The quantitative estimate of drug-likeness (QED) is 0.803. The van der Waals surface area contributed by atoms with Crippen molar-refractivity contribution < 1.29 is 9.53 Å². The van der Waals surface area contributed by atoms with E-state index in [4.69, 9.17) is 10.5 Å². The molecule has 1 amide bonds. The van der Waals surface area contributed by atoms with Crippen LogP contribution in [0.1, 0.15) is 51.4 Å². The molecular weight excluding hydrogens is 338 g/mol. The third kappa shape index (κ3) is 6.38. The molecule has 0 radical (unpaired) electrons. The number of hydrogen-bond acceptors (Lipinski definition) is 4. The highest BCUT2D eigenvalue weighted by Crippen LogP contribution is 2.28. The van der Waals surface area contributed by atoms with E-state index in [9.17, 15) is 4.79 Å². The molecule has 3 fully saturated rings. The summed E-state index contributed by atoms with van der Waals surface area (Å²) < 4.78 is 5.42. The van der Waals surface area contributed by atoms with Crippen molar-refractivity contribution in [1.82, 2.24) is 9.80 Å². The molecule has 3 aliphatic rings. The first kappa shape index (κ1) is 20.9. The molecule has 1 saturated carbocycles. The van der Waals surface area contributed by atoms with Gasteiger partial charge in [-0.1, -0.05) is 32.1 Å². The standard InChI is InChI=1S/C19H35N3O2.ClH/c20-18(14-16-4-2-1-3-5-16)19(23)22-8-6-17(7-9-22)15-21-10-12-24-13-11-21;/h16-18H,1-15,20H2;1H. The van der Waals surface area contributed by atoms with Crippen molar-refractivity contribution in [2.75, 3.05) is 45.9 Å². The number of amides is 1. The van der Waals surface area contributed by atoms with E-state index < -0.39 is 0 Å². The lowest BCUT2D eigenvalue weighted by molar-refractivity contribution is -0.134. The molecule has 3 rings (SSSR count). The minimum atomic E-state index is -0.274. The molecule has 1 aliphatic carbocycles. The van der Waals surface area contributed by atoms with Crippen molar-refractivity contribution in [3.63, 3.8) is 0 Å². The van der Waals surface area contributed by atoms with Crippen LogP contribution in [-0.4, -0.2) is 67.7 Å². The van der Waals surface area contributed by atoms with Crippen LogP contribution in [0.4, 0.5) is 0 Å². The van der Waals surface area contributed by atoms with Crippen LogP contribution in [-0.2, 0) is 9.53 Å². The second-order valence-corrected chi connectivity index (χ2v) is 8.03. The highest BCUT2D eigenvalue weighted by Gasteiger charge is 2.29. The second kappa shape index (κ2) is 10.7. The van der Waals surface area contributed by atoms with Gasteiger partial charge in [0.05, 0.1) is 19.3 Å². The fraction of sp³-hybridized carbons (Fsp3) is 0.947. The summed E-state index contributed by atoms with van der Waals surface area (Å²) in [7, 11) is 0. The molecule has 2 heterocycles. The first-order valence-corrected chi connectivity index (χ1v) is 10.1. The summed E-state index contributed by atoms with van der Waals surface area (Å²) in [5.41, 5.74) is 6.25. The third-order valence-electron chi connectivity index (χ3n) is 6.18. The molecule has 146 valence electrons. The molecule has 0 aromatic rings. The van der Waals surface area contributed by atoms with Crippen LogP contribution in [0.2, 0.25) is 0 Å². The van der Waals surface area contributed by atoms with Crippen LogP contribution in [0.25, 0.3) is 0 Å². The summed E-state index contributed by atoms with van der Waals surface area (Å²) >= 11 is 0. The van der Waals surface area contributed by atoms with Gasteiger partial charge in [-0.15, -0.1) is 12.4 Å². The van der Waals surface area contributed by atoms with Gasteiger partial charge in [-0.05, 0) is 31.1 Å². The normalized spacial score (nSPS) is 25.4. The summed E-state index contributed by atoms with van der Waals surface area (Å²) in [6.07, 6.45) is 9.67. The first-order chi connectivity index (χ1) is 11.7. The van der Waals surface area contributed by atoms with E-state index >= 15 is 0 Å². The Balaban J connectivity index is 0.00000225. The Morgan fingerprint density at radius 2 is 1.60 bits per heavy atom. The number of morpholine rings is 1. The van der Waals surface area contributed by atoms with Gasteiger partial charge in [0.25, 0.3) is 0 Å². The third-order valence-corrected chi connectivity index (χ3v) is 6.18. The van der Waals surface area contributed by atoms with Gasteiger partial charge in [0.15, 0.2) is 0 Å². The van der Waals surface area contributed by atoms with Crippen molar-refractivity contribution in [3.05, 3.63) is 0 Å². The molecule has 2 aliphatic heterocycles. The smallest absolute Gasteiger partial charge is 0.239 e. The van der Waals surface area contributed by atoms with Crippen molar-refractivity contribution >= 4 is 18.3 Å². The Morgan fingerprint density at radius 3 is 2.24 bits per heavy atom. The highest BCUT2D eigenvalue weighted by atomic mass is 35.5. The van der Waals surface area contributed by atoms with Crippen LogP contribution in [0.3, 0.4) is 0 Å². The Hall–Kier alpha value is -0.360. The molecule has 0 aromatic carbocycles. The summed E-state index contributed by atoms with van der Waals surface area (Å²) in [5.74, 6) is 1.60. The maximum Gasteiger partial charge on any atom is 0.239 e. The van der Waals surface area contributed by atoms with Crippen LogP contribution in [0.15, 0.2) is 0 Å². The van der Waals surface area contributed by atoms with Crippen LogP contribution in [0, 0.1) is 11.8 Å². The van der Waals surface area contributed by atoms with Crippen molar-refractivity contribution in [2.45, 2.75) is 57.4 Å². The Morgan fingerprint density at radius 1 is 0.960 bits per heavy atom. The fourth-order valence-electron chi connectivity index (χ4n) is 4.60. The van der Waals surface area contributed by atoms with Crippen LogP contribution >= 0.6 is 12.4 Å². The summed E-state index contributed by atoms with van der Waals surface area (Å²) in [4.78, 5) is 17.2. The number of ether oxygens (including phenoxy) is 1. The van der Waals surface area contributed by atoms with Gasteiger partial charge in [0.2, 0.25) is 5.91 Å². The van der Waals surface area contributed by atoms with E-state index in [0.29, 0.717) is 5.92 Å². The average Bonchev–Trinajstić information content (AvgIpc) is 2.63.